The van der Waals surface area contributed by atoms with E-state index in [-0.39, 0.29) is 11.9 Å². The summed E-state index contributed by atoms with van der Waals surface area (Å²) in [4.78, 5) is 12.3. The van der Waals surface area contributed by atoms with Gasteiger partial charge in [-0.1, -0.05) is 18.2 Å². The van der Waals surface area contributed by atoms with Gasteiger partial charge < -0.3 is 15.4 Å². The molecular formula is C18H22N2O2. The number of ether oxygens (including phenoxy) is 1. The van der Waals surface area contributed by atoms with E-state index in [2.05, 4.69) is 10.6 Å². The summed E-state index contributed by atoms with van der Waals surface area (Å²) in [6.07, 6.45) is 0. The molecule has 2 aromatic rings. The minimum absolute atomic E-state index is 0.0887. The van der Waals surface area contributed by atoms with Crippen molar-refractivity contribution in [1.29, 1.82) is 0 Å². The molecule has 2 rings (SSSR count). The second-order valence-electron chi connectivity index (χ2n) is 5.43. The molecular weight excluding hydrogens is 276 g/mol. The van der Waals surface area contributed by atoms with Crippen molar-refractivity contribution < 1.29 is 9.53 Å². The summed E-state index contributed by atoms with van der Waals surface area (Å²) >= 11 is 0. The number of carbonyl (C=O) groups is 1. The van der Waals surface area contributed by atoms with Crippen LogP contribution in [0, 0.1) is 13.8 Å². The molecule has 2 N–H and O–H groups in total. The van der Waals surface area contributed by atoms with E-state index in [1.54, 1.807) is 7.11 Å². The summed E-state index contributed by atoms with van der Waals surface area (Å²) < 4.78 is 5.32. The molecule has 116 valence electrons. The number of hydrogen-bond donors (Lipinski definition) is 2. The van der Waals surface area contributed by atoms with Gasteiger partial charge in [0, 0.05) is 5.69 Å². The van der Waals surface area contributed by atoms with Crippen LogP contribution in [0.15, 0.2) is 42.5 Å². The lowest BCUT2D eigenvalue weighted by Gasteiger charge is -2.18. The fourth-order valence-corrected chi connectivity index (χ4v) is 2.21. The van der Waals surface area contributed by atoms with Crippen molar-refractivity contribution in [3.05, 3.63) is 53.6 Å². The highest BCUT2D eigenvalue weighted by Crippen LogP contribution is 2.26. The van der Waals surface area contributed by atoms with Gasteiger partial charge in [-0.05, 0) is 56.2 Å². The Hall–Kier alpha value is -2.49. The molecule has 1 amide bonds. The number of amides is 1. The number of hydrogen-bond acceptors (Lipinski definition) is 3. The SMILES string of the molecule is COc1ccc(C)cc1N[C@@H](C)C(=O)Nc1cccc(C)c1. The standard InChI is InChI=1S/C18H22N2O2/c1-12-6-5-7-15(10-12)20-18(21)14(3)19-16-11-13(2)8-9-17(16)22-4/h5-11,14,19H,1-4H3,(H,20,21)/t14-/m0/s1. The smallest absolute Gasteiger partial charge is 0.246 e. The molecule has 1 atom stereocenters. The molecule has 0 bridgehead atoms. The van der Waals surface area contributed by atoms with E-state index in [1.165, 1.54) is 0 Å². The van der Waals surface area contributed by atoms with E-state index in [0.29, 0.717) is 0 Å². The summed E-state index contributed by atoms with van der Waals surface area (Å²) in [7, 11) is 1.62. The second kappa shape index (κ2) is 6.98. The van der Waals surface area contributed by atoms with Crippen LogP contribution in [0.3, 0.4) is 0 Å². The highest BCUT2D eigenvalue weighted by atomic mass is 16.5. The van der Waals surface area contributed by atoms with E-state index < -0.39 is 0 Å². The molecule has 0 saturated heterocycles. The third kappa shape index (κ3) is 4.01. The first kappa shape index (κ1) is 15.9. The van der Waals surface area contributed by atoms with Crippen molar-refractivity contribution in [3.63, 3.8) is 0 Å². The van der Waals surface area contributed by atoms with Gasteiger partial charge in [0.2, 0.25) is 5.91 Å². The maximum Gasteiger partial charge on any atom is 0.246 e. The quantitative estimate of drug-likeness (QED) is 0.884. The van der Waals surface area contributed by atoms with Gasteiger partial charge in [0.05, 0.1) is 12.8 Å². The van der Waals surface area contributed by atoms with Gasteiger partial charge in [0.15, 0.2) is 0 Å². The fourth-order valence-electron chi connectivity index (χ4n) is 2.21. The molecule has 0 unspecified atom stereocenters. The predicted molar refractivity (Wildman–Crippen MR) is 90.6 cm³/mol. The van der Waals surface area contributed by atoms with Crippen LogP contribution < -0.4 is 15.4 Å². The number of carbonyl (C=O) groups excluding carboxylic acids is 1. The average Bonchev–Trinajstić information content (AvgIpc) is 2.47. The zero-order valence-corrected chi connectivity index (χ0v) is 13.4. The highest BCUT2D eigenvalue weighted by Gasteiger charge is 2.15. The topological polar surface area (TPSA) is 50.4 Å². The van der Waals surface area contributed by atoms with Gasteiger partial charge in [0.25, 0.3) is 0 Å². The first-order valence-corrected chi connectivity index (χ1v) is 7.28. The van der Waals surface area contributed by atoms with Crippen LogP contribution in [0.4, 0.5) is 11.4 Å². The number of methoxy groups -OCH3 is 1. The molecule has 0 saturated carbocycles. The Morgan fingerprint density at radius 2 is 1.82 bits per heavy atom. The van der Waals surface area contributed by atoms with Crippen LogP contribution in [0.5, 0.6) is 5.75 Å². The van der Waals surface area contributed by atoms with E-state index >= 15 is 0 Å². The normalized spacial score (nSPS) is 11.6. The number of nitrogens with one attached hydrogen (secondary N) is 2. The van der Waals surface area contributed by atoms with Crippen molar-refractivity contribution in [3.8, 4) is 5.75 Å². The maximum atomic E-state index is 12.3. The Kier molecular flexibility index (Phi) is 5.04. The summed E-state index contributed by atoms with van der Waals surface area (Å²) in [5, 5.41) is 6.11. The summed E-state index contributed by atoms with van der Waals surface area (Å²) in [6, 6.07) is 13.2. The number of benzene rings is 2. The molecule has 2 aromatic carbocycles. The van der Waals surface area contributed by atoms with Crippen LogP contribution in [-0.2, 0) is 4.79 Å². The van der Waals surface area contributed by atoms with Crippen molar-refractivity contribution >= 4 is 17.3 Å². The Labute approximate surface area is 131 Å². The lowest BCUT2D eigenvalue weighted by atomic mass is 10.2. The maximum absolute atomic E-state index is 12.3. The fraction of sp³-hybridized carbons (Fsp3) is 0.278. The third-order valence-corrected chi connectivity index (χ3v) is 3.41. The van der Waals surface area contributed by atoms with Crippen molar-refractivity contribution in [1.82, 2.24) is 0 Å². The first-order chi connectivity index (χ1) is 10.5. The number of anilines is 2. The zero-order chi connectivity index (χ0) is 16.1. The molecule has 4 heteroatoms. The molecule has 0 heterocycles. The summed E-state index contributed by atoms with van der Waals surface area (Å²) in [6.45, 7) is 5.82. The molecule has 4 nitrogen and oxygen atoms in total. The molecule has 0 radical (unpaired) electrons. The van der Waals surface area contributed by atoms with E-state index in [1.807, 2.05) is 63.2 Å². The minimum atomic E-state index is -0.379. The Morgan fingerprint density at radius 3 is 2.50 bits per heavy atom. The average molecular weight is 298 g/mol. The van der Waals surface area contributed by atoms with Gasteiger partial charge in [-0.3, -0.25) is 4.79 Å². The van der Waals surface area contributed by atoms with Gasteiger partial charge in [0.1, 0.15) is 11.8 Å². The van der Waals surface area contributed by atoms with Crippen LogP contribution in [0.2, 0.25) is 0 Å². The Morgan fingerprint density at radius 1 is 1.09 bits per heavy atom. The predicted octanol–water partition coefficient (Wildman–Crippen LogP) is 3.75. The molecule has 0 aromatic heterocycles. The molecule has 0 fully saturated rings. The lowest BCUT2D eigenvalue weighted by Crippen LogP contribution is -2.32. The lowest BCUT2D eigenvalue weighted by molar-refractivity contribution is -0.116. The monoisotopic (exact) mass is 298 g/mol. The largest absolute Gasteiger partial charge is 0.495 e. The van der Waals surface area contributed by atoms with Crippen LogP contribution >= 0.6 is 0 Å². The molecule has 0 aliphatic carbocycles. The first-order valence-electron chi connectivity index (χ1n) is 7.28. The summed E-state index contributed by atoms with van der Waals surface area (Å²) in [5.74, 6) is 0.634. The number of aryl methyl sites for hydroxylation is 2. The number of rotatable bonds is 5. The minimum Gasteiger partial charge on any atom is -0.495 e. The second-order valence-corrected chi connectivity index (χ2v) is 5.43. The van der Waals surface area contributed by atoms with Gasteiger partial charge in [-0.25, -0.2) is 0 Å². The van der Waals surface area contributed by atoms with Gasteiger partial charge in [-0.15, -0.1) is 0 Å². The van der Waals surface area contributed by atoms with E-state index in [9.17, 15) is 4.79 Å². The molecule has 0 spiro atoms. The van der Waals surface area contributed by atoms with Crippen LogP contribution in [0.25, 0.3) is 0 Å². The zero-order valence-electron chi connectivity index (χ0n) is 13.4. The van der Waals surface area contributed by atoms with Crippen molar-refractivity contribution in [2.45, 2.75) is 26.8 Å². The molecule has 0 aliphatic heterocycles. The molecule has 0 aliphatic rings. The van der Waals surface area contributed by atoms with E-state index in [4.69, 9.17) is 4.74 Å². The van der Waals surface area contributed by atoms with Gasteiger partial charge >= 0.3 is 0 Å². The van der Waals surface area contributed by atoms with Crippen LogP contribution in [-0.4, -0.2) is 19.1 Å². The Bertz CT molecular complexity index is 668. The van der Waals surface area contributed by atoms with Gasteiger partial charge in [-0.2, -0.15) is 0 Å². The van der Waals surface area contributed by atoms with Crippen LogP contribution in [0.1, 0.15) is 18.1 Å². The van der Waals surface area contributed by atoms with E-state index in [0.717, 1.165) is 28.3 Å². The third-order valence-electron chi connectivity index (χ3n) is 3.41. The molecule has 22 heavy (non-hydrogen) atoms. The van der Waals surface area contributed by atoms with Crippen molar-refractivity contribution in [2.75, 3.05) is 17.7 Å². The highest BCUT2D eigenvalue weighted by molar-refractivity contribution is 5.96. The summed E-state index contributed by atoms with van der Waals surface area (Å²) in [5.41, 5.74) is 3.83. The van der Waals surface area contributed by atoms with Crippen molar-refractivity contribution in [2.24, 2.45) is 0 Å². The Balaban J connectivity index is 2.07.